The summed E-state index contributed by atoms with van der Waals surface area (Å²) in [5.74, 6) is 1.86. The van der Waals surface area contributed by atoms with Gasteiger partial charge in [0.2, 0.25) is 0 Å². The van der Waals surface area contributed by atoms with E-state index >= 15 is 0 Å². The summed E-state index contributed by atoms with van der Waals surface area (Å²) in [7, 11) is 3.14. The highest BCUT2D eigenvalue weighted by atomic mass is 16.5. The van der Waals surface area contributed by atoms with Crippen LogP contribution in [-0.4, -0.2) is 62.0 Å². The largest absolute Gasteiger partial charge is 0.497 e. The van der Waals surface area contributed by atoms with Crippen molar-refractivity contribution in [1.29, 1.82) is 0 Å². The Bertz CT molecular complexity index is 953. The zero-order valence-corrected chi connectivity index (χ0v) is 20.5. The molecule has 7 nitrogen and oxygen atoms in total. The van der Waals surface area contributed by atoms with Gasteiger partial charge in [-0.15, -0.1) is 0 Å². The van der Waals surface area contributed by atoms with Gasteiger partial charge in [-0.25, -0.2) is 0 Å². The Labute approximate surface area is 196 Å². The SMILES string of the molecule is COc1cc(OC)cc(C(=O)N[C@@H]2CCN([C@@H](C)c3ccc(OC[C@@H](C)O)c(C)c3C)C2)c1. The van der Waals surface area contributed by atoms with Gasteiger partial charge in [0.15, 0.2) is 0 Å². The number of carbonyl (C=O) groups excluding carboxylic acids is 1. The molecule has 1 fully saturated rings. The predicted octanol–water partition coefficient (Wildman–Crippen LogP) is 3.65. The number of ether oxygens (including phenoxy) is 3. The summed E-state index contributed by atoms with van der Waals surface area (Å²) in [6.45, 7) is 10.1. The molecule has 1 amide bonds. The molecule has 0 unspecified atom stereocenters. The van der Waals surface area contributed by atoms with Crippen LogP contribution >= 0.6 is 0 Å². The van der Waals surface area contributed by atoms with Crippen molar-refractivity contribution in [1.82, 2.24) is 10.2 Å². The normalized spacial score (nSPS) is 18.0. The smallest absolute Gasteiger partial charge is 0.251 e. The van der Waals surface area contributed by atoms with Gasteiger partial charge in [0.05, 0.1) is 20.3 Å². The fraction of sp³-hybridized carbons (Fsp3) is 0.500. The van der Waals surface area contributed by atoms with Gasteiger partial charge in [0.1, 0.15) is 23.9 Å². The molecule has 0 bridgehead atoms. The Morgan fingerprint density at radius 1 is 1.12 bits per heavy atom. The van der Waals surface area contributed by atoms with E-state index in [1.165, 1.54) is 11.1 Å². The number of nitrogens with one attached hydrogen (secondary N) is 1. The highest BCUT2D eigenvalue weighted by molar-refractivity contribution is 5.95. The van der Waals surface area contributed by atoms with Crippen LogP contribution in [0.5, 0.6) is 17.2 Å². The lowest BCUT2D eigenvalue weighted by molar-refractivity contribution is 0.0935. The molecule has 3 rings (SSSR count). The van der Waals surface area contributed by atoms with Crippen LogP contribution in [0.3, 0.4) is 0 Å². The summed E-state index contributed by atoms with van der Waals surface area (Å²) in [6, 6.07) is 9.59. The zero-order chi connectivity index (χ0) is 24.1. The topological polar surface area (TPSA) is 80.3 Å². The van der Waals surface area contributed by atoms with Crippen LogP contribution in [0, 0.1) is 13.8 Å². The van der Waals surface area contributed by atoms with Crippen molar-refractivity contribution >= 4 is 5.91 Å². The molecule has 1 aliphatic heterocycles. The zero-order valence-electron chi connectivity index (χ0n) is 20.5. The first-order valence-corrected chi connectivity index (χ1v) is 11.4. The molecule has 180 valence electrons. The van der Waals surface area contributed by atoms with Crippen molar-refractivity contribution < 1.29 is 24.1 Å². The molecule has 2 aromatic carbocycles. The van der Waals surface area contributed by atoms with Crippen molar-refractivity contribution in [3.05, 3.63) is 52.6 Å². The maximum atomic E-state index is 12.9. The third-order valence-electron chi connectivity index (χ3n) is 6.43. The van der Waals surface area contributed by atoms with Crippen LogP contribution in [0.2, 0.25) is 0 Å². The molecule has 0 saturated carbocycles. The van der Waals surface area contributed by atoms with Crippen molar-refractivity contribution in [2.45, 2.75) is 52.3 Å². The number of aliphatic hydroxyl groups excluding tert-OH is 1. The molecular weight excluding hydrogens is 420 g/mol. The van der Waals surface area contributed by atoms with Gasteiger partial charge in [0, 0.05) is 36.8 Å². The average molecular weight is 457 g/mol. The van der Waals surface area contributed by atoms with Crippen molar-refractivity contribution in [2.24, 2.45) is 0 Å². The van der Waals surface area contributed by atoms with Crippen LogP contribution in [0.25, 0.3) is 0 Å². The summed E-state index contributed by atoms with van der Waals surface area (Å²) in [5.41, 5.74) is 4.07. The lowest BCUT2D eigenvalue weighted by atomic mass is 9.97. The maximum absolute atomic E-state index is 12.9. The Morgan fingerprint density at radius 3 is 2.39 bits per heavy atom. The van der Waals surface area contributed by atoms with Gasteiger partial charge in [-0.2, -0.15) is 0 Å². The van der Waals surface area contributed by atoms with E-state index in [0.717, 1.165) is 30.8 Å². The van der Waals surface area contributed by atoms with Gasteiger partial charge in [-0.1, -0.05) is 6.07 Å². The second-order valence-corrected chi connectivity index (χ2v) is 8.79. The molecule has 7 heteroatoms. The number of hydrogen-bond donors (Lipinski definition) is 2. The van der Waals surface area contributed by atoms with Crippen LogP contribution < -0.4 is 19.5 Å². The van der Waals surface area contributed by atoms with Gasteiger partial charge >= 0.3 is 0 Å². The van der Waals surface area contributed by atoms with E-state index in [2.05, 4.69) is 37.1 Å². The Hall–Kier alpha value is -2.77. The number of carbonyl (C=O) groups is 1. The molecule has 0 aromatic heterocycles. The molecule has 1 saturated heterocycles. The van der Waals surface area contributed by atoms with E-state index < -0.39 is 6.10 Å². The summed E-state index contributed by atoms with van der Waals surface area (Å²) < 4.78 is 16.3. The minimum Gasteiger partial charge on any atom is -0.497 e. The predicted molar refractivity (Wildman–Crippen MR) is 128 cm³/mol. The summed E-state index contributed by atoms with van der Waals surface area (Å²) in [6.07, 6.45) is 0.392. The van der Waals surface area contributed by atoms with Crippen LogP contribution in [0.4, 0.5) is 0 Å². The van der Waals surface area contributed by atoms with Crippen LogP contribution in [0.15, 0.2) is 30.3 Å². The first-order chi connectivity index (χ1) is 15.7. The number of benzene rings is 2. The van der Waals surface area contributed by atoms with E-state index in [1.54, 1.807) is 39.3 Å². The van der Waals surface area contributed by atoms with Crippen LogP contribution in [-0.2, 0) is 0 Å². The molecule has 2 aromatic rings. The Morgan fingerprint density at radius 2 is 1.79 bits per heavy atom. The standard InChI is InChI=1S/C26H36N2O5/c1-16(29)15-33-25-8-7-24(17(2)18(25)3)19(4)28-10-9-21(14-28)27-26(30)20-11-22(31-5)13-23(12-20)32-6/h7-8,11-13,16,19,21,29H,9-10,14-15H2,1-6H3,(H,27,30)/t16-,19+,21-/m1/s1. The monoisotopic (exact) mass is 456 g/mol. The lowest BCUT2D eigenvalue weighted by Crippen LogP contribution is -2.37. The summed E-state index contributed by atoms with van der Waals surface area (Å²) in [4.78, 5) is 15.3. The molecule has 1 aliphatic rings. The Kier molecular flexibility index (Phi) is 8.21. The van der Waals surface area contributed by atoms with E-state index in [9.17, 15) is 9.90 Å². The quantitative estimate of drug-likeness (QED) is 0.600. The Balaban J connectivity index is 1.65. The first kappa shape index (κ1) is 24.9. The molecule has 3 atom stereocenters. The molecule has 2 N–H and O–H groups in total. The fourth-order valence-corrected chi connectivity index (χ4v) is 4.30. The van der Waals surface area contributed by atoms with Crippen LogP contribution in [0.1, 0.15) is 53.4 Å². The molecule has 1 heterocycles. The van der Waals surface area contributed by atoms with Gasteiger partial charge in [-0.3, -0.25) is 9.69 Å². The number of methoxy groups -OCH3 is 2. The molecule has 0 radical (unpaired) electrons. The second kappa shape index (κ2) is 10.9. The fourth-order valence-electron chi connectivity index (χ4n) is 4.30. The summed E-state index contributed by atoms with van der Waals surface area (Å²) >= 11 is 0. The third kappa shape index (κ3) is 5.97. The third-order valence-corrected chi connectivity index (χ3v) is 6.43. The van der Waals surface area contributed by atoms with E-state index in [4.69, 9.17) is 14.2 Å². The lowest BCUT2D eigenvalue weighted by Gasteiger charge is -2.27. The highest BCUT2D eigenvalue weighted by Crippen LogP contribution is 2.32. The number of hydrogen-bond acceptors (Lipinski definition) is 6. The number of amides is 1. The average Bonchev–Trinajstić information content (AvgIpc) is 3.27. The van der Waals surface area contributed by atoms with Gasteiger partial charge in [0.25, 0.3) is 5.91 Å². The first-order valence-electron chi connectivity index (χ1n) is 11.4. The second-order valence-electron chi connectivity index (χ2n) is 8.79. The molecule has 0 aliphatic carbocycles. The van der Waals surface area contributed by atoms with E-state index in [0.29, 0.717) is 17.1 Å². The minimum atomic E-state index is -0.502. The highest BCUT2D eigenvalue weighted by Gasteiger charge is 2.29. The van der Waals surface area contributed by atoms with Gasteiger partial charge in [-0.05, 0) is 69.0 Å². The van der Waals surface area contributed by atoms with E-state index in [1.807, 2.05) is 6.07 Å². The molecular formula is C26H36N2O5. The number of nitrogens with zero attached hydrogens (tertiary/aromatic N) is 1. The number of likely N-dealkylation sites (tertiary alicyclic amines) is 1. The van der Waals surface area contributed by atoms with Crippen molar-refractivity contribution in [3.63, 3.8) is 0 Å². The summed E-state index contributed by atoms with van der Waals surface area (Å²) in [5, 5.41) is 12.7. The number of aliphatic hydroxyl groups is 1. The minimum absolute atomic E-state index is 0.0761. The van der Waals surface area contributed by atoms with Crippen molar-refractivity contribution in [3.8, 4) is 17.2 Å². The van der Waals surface area contributed by atoms with Gasteiger partial charge < -0.3 is 24.6 Å². The molecule has 33 heavy (non-hydrogen) atoms. The van der Waals surface area contributed by atoms with E-state index in [-0.39, 0.29) is 24.6 Å². The molecule has 0 spiro atoms. The maximum Gasteiger partial charge on any atom is 0.251 e. The number of rotatable bonds is 9. The van der Waals surface area contributed by atoms with Crippen molar-refractivity contribution in [2.75, 3.05) is 33.9 Å².